The Morgan fingerprint density at radius 2 is 2.33 bits per heavy atom. The maximum Gasteiger partial charge on any atom is 0.207 e. The van der Waals surface area contributed by atoms with Gasteiger partial charge in [-0.1, -0.05) is 12.1 Å². The standard InChI is InChI=1S/C7H9BN2O2/c8-7-2-1-6(5-9-7)3-4-10(11)12/h1-2,5H,3-4,8H2. The molecule has 1 aromatic rings. The summed E-state index contributed by atoms with van der Waals surface area (Å²) >= 11 is 0. The molecule has 5 heteroatoms. The molecule has 62 valence electrons. The van der Waals surface area contributed by atoms with E-state index in [1.54, 1.807) is 6.20 Å². The van der Waals surface area contributed by atoms with Crippen molar-refractivity contribution in [2.24, 2.45) is 0 Å². The molecule has 0 N–H and O–H groups in total. The minimum Gasteiger partial charge on any atom is -0.272 e. The summed E-state index contributed by atoms with van der Waals surface area (Å²) in [7, 11) is 1.89. The third kappa shape index (κ3) is 2.69. The summed E-state index contributed by atoms with van der Waals surface area (Å²) in [5.41, 5.74) is 1.84. The van der Waals surface area contributed by atoms with Crippen molar-refractivity contribution < 1.29 is 4.92 Å². The van der Waals surface area contributed by atoms with E-state index in [1.807, 2.05) is 20.0 Å². The lowest BCUT2D eigenvalue weighted by molar-refractivity contribution is -0.479. The van der Waals surface area contributed by atoms with Crippen molar-refractivity contribution in [3.63, 3.8) is 0 Å². The maximum absolute atomic E-state index is 10.0. The van der Waals surface area contributed by atoms with Crippen LogP contribution in [0.15, 0.2) is 18.3 Å². The van der Waals surface area contributed by atoms with E-state index in [2.05, 4.69) is 4.98 Å². The Kier molecular flexibility index (Phi) is 2.79. The third-order valence-corrected chi connectivity index (χ3v) is 1.56. The molecule has 0 spiro atoms. The molecule has 4 nitrogen and oxygen atoms in total. The topological polar surface area (TPSA) is 56.0 Å². The molecule has 0 aromatic carbocycles. The fraction of sp³-hybridized carbons (Fsp3) is 0.286. The van der Waals surface area contributed by atoms with Crippen LogP contribution in [0.25, 0.3) is 0 Å². The smallest absolute Gasteiger partial charge is 0.207 e. The molecule has 12 heavy (non-hydrogen) atoms. The van der Waals surface area contributed by atoms with E-state index >= 15 is 0 Å². The zero-order valence-electron chi connectivity index (χ0n) is 6.86. The van der Waals surface area contributed by atoms with Crippen LogP contribution in [-0.4, -0.2) is 24.3 Å². The molecule has 1 rings (SSSR count). The van der Waals surface area contributed by atoms with Crippen molar-refractivity contribution in [2.75, 3.05) is 6.54 Å². The number of hydrogen-bond donors (Lipinski definition) is 0. The fourth-order valence-corrected chi connectivity index (χ4v) is 0.867. The summed E-state index contributed by atoms with van der Waals surface area (Å²) in [5.74, 6) is 0. The van der Waals surface area contributed by atoms with Gasteiger partial charge in [-0.25, -0.2) is 0 Å². The molecule has 1 heterocycles. The second-order valence-corrected chi connectivity index (χ2v) is 2.61. The van der Waals surface area contributed by atoms with Gasteiger partial charge < -0.3 is 0 Å². The first-order valence-corrected chi connectivity index (χ1v) is 3.72. The van der Waals surface area contributed by atoms with E-state index < -0.39 is 0 Å². The van der Waals surface area contributed by atoms with Crippen molar-refractivity contribution in [1.82, 2.24) is 4.98 Å². The molecule has 0 unspecified atom stereocenters. The highest BCUT2D eigenvalue weighted by molar-refractivity contribution is 6.30. The van der Waals surface area contributed by atoms with Crippen LogP contribution in [0.1, 0.15) is 5.56 Å². The van der Waals surface area contributed by atoms with Crippen LogP contribution in [0.5, 0.6) is 0 Å². The third-order valence-electron chi connectivity index (χ3n) is 1.56. The number of rotatable bonds is 3. The van der Waals surface area contributed by atoms with Crippen LogP contribution < -0.4 is 5.59 Å². The van der Waals surface area contributed by atoms with Gasteiger partial charge in [-0.15, -0.1) is 0 Å². The Labute approximate surface area is 71.2 Å². The largest absolute Gasteiger partial charge is 0.272 e. The average molecular weight is 164 g/mol. The lowest BCUT2D eigenvalue weighted by atomic mass is 10.0. The fourth-order valence-electron chi connectivity index (χ4n) is 0.867. The van der Waals surface area contributed by atoms with Crippen LogP contribution in [0.2, 0.25) is 0 Å². The second-order valence-electron chi connectivity index (χ2n) is 2.61. The van der Waals surface area contributed by atoms with Gasteiger partial charge in [0, 0.05) is 17.5 Å². The molecule has 0 amide bonds. The predicted octanol–water partition coefficient (Wildman–Crippen LogP) is -0.841. The predicted molar refractivity (Wildman–Crippen MR) is 48.0 cm³/mol. The SMILES string of the molecule is Bc1ccc(CC[N+](=O)[O-])cn1. The van der Waals surface area contributed by atoms with Gasteiger partial charge in [-0.05, 0) is 11.2 Å². The van der Waals surface area contributed by atoms with Gasteiger partial charge in [0.1, 0.15) is 0 Å². The average Bonchev–Trinajstić information content (AvgIpc) is 2.03. The van der Waals surface area contributed by atoms with E-state index in [-0.39, 0.29) is 11.5 Å². The highest BCUT2D eigenvalue weighted by Gasteiger charge is 1.98. The second kappa shape index (κ2) is 3.85. The number of hydrogen-bond acceptors (Lipinski definition) is 3. The summed E-state index contributed by atoms with van der Waals surface area (Å²) in [6.07, 6.45) is 2.14. The molecule has 0 aliphatic heterocycles. The van der Waals surface area contributed by atoms with E-state index in [1.165, 1.54) is 0 Å². The molecule has 0 radical (unpaired) electrons. The Morgan fingerprint density at radius 1 is 1.58 bits per heavy atom. The van der Waals surface area contributed by atoms with Gasteiger partial charge in [-0.2, -0.15) is 0 Å². The lowest BCUT2D eigenvalue weighted by Crippen LogP contribution is -2.09. The quantitative estimate of drug-likeness (QED) is 0.332. The molecule has 0 fully saturated rings. The highest BCUT2D eigenvalue weighted by Crippen LogP contribution is 1.94. The first kappa shape index (κ1) is 8.71. The Balaban J connectivity index is 2.53. The Morgan fingerprint density at radius 3 is 2.83 bits per heavy atom. The van der Waals surface area contributed by atoms with E-state index in [9.17, 15) is 10.1 Å². The van der Waals surface area contributed by atoms with E-state index in [0.29, 0.717) is 6.42 Å². The van der Waals surface area contributed by atoms with E-state index in [4.69, 9.17) is 0 Å². The maximum atomic E-state index is 10.0. The molecule has 0 atom stereocenters. The molecular formula is C7H9BN2O2. The number of pyridine rings is 1. The van der Waals surface area contributed by atoms with E-state index in [0.717, 1.165) is 11.2 Å². The van der Waals surface area contributed by atoms with Crippen LogP contribution in [-0.2, 0) is 6.42 Å². The van der Waals surface area contributed by atoms with Crippen LogP contribution >= 0.6 is 0 Å². The van der Waals surface area contributed by atoms with Crippen molar-refractivity contribution in [3.05, 3.63) is 34.0 Å². The highest BCUT2D eigenvalue weighted by atomic mass is 16.6. The van der Waals surface area contributed by atoms with Gasteiger partial charge >= 0.3 is 0 Å². The van der Waals surface area contributed by atoms with Gasteiger partial charge in [0.05, 0.1) is 0 Å². The minimum absolute atomic E-state index is 0.0231. The monoisotopic (exact) mass is 164 g/mol. The van der Waals surface area contributed by atoms with Crippen LogP contribution in [0, 0.1) is 10.1 Å². The summed E-state index contributed by atoms with van der Waals surface area (Å²) in [4.78, 5) is 13.7. The molecular weight excluding hydrogens is 155 g/mol. The minimum atomic E-state index is -0.320. The molecule has 0 aliphatic rings. The molecule has 0 bridgehead atoms. The summed E-state index contributed by atoms with van der Waals surface area (Å²) in [6.45, 7) is -0.0231. The molecule has 1 aromatic heterocycles. The normalized spacial score (nSPS) is 9.67. The van der Waals surface area contributed by atoms with Gasteiger partial charge in [0.2, 0.25) is 6.54 Å². The van der Waals surface area contributed by atoms with Crippen LogP contribution in [0.3, 0.4) is 0 Å². The van der Waals surface area contributed by atoms with Crippen molar-refractivity contribution in [2.45, 2.75) is 6.42 Å². The summed E-state index contributed by atoms with van der Waals surface area (Å²) in [5, 5.41) is 10.0. The van der Waals surface area contributed by atoms with Gasteiger partial charge in [0.25, 0.3) is 0 Å². The Hall–Kier alpha value is -1.39. The van der Waals surface area contributed by atoms with Crippen LogP contribution in [0.4, 0.5) is 0 Å². The number of nitro groups is 1. The van der Waals surface area contributed by atoms with Crippen molar-refractivity contribution >= 4 is 13.4 Å². The number of nitrogens with zero attached hydrogens (tertiary/aromatic N) is 2. The van der Waals surface area contributed by atoms with Gasteiger partial charge in [-0.3, -0.25) is 15.1 Å². The zero-order chi connectivity index (χ0) is 8.97. The summed E-state index contributed by atoms with van der Waals surface area (Å²) < 4.78 is 0. The lowest BCUT2D eigenvalue weighted by Gasteiger charge is -1.96. The molecule has 0 saturated heterocycles. The zero-order valence-corrected chi connectivity index (χ0v) is 6.86. The van der Waals surface area contributed by atoms with Crippen molar-refractivity contribution in [3.8, 4) is 0 Å². The first-order valence-electron chi connectivity index (χ1n) is 3.72. The van der Waals surface area contributed by atoms with Crippen molar-refractivity contribution in [1.29, 1.82) is 0 Å². The van der Waals surface area contributed by atoms with Gasteiger partial charge in [0.15, 0.2) is 7.85 Å². The Bertz CT molecular complexity index is 273. The molecule has 0 saturated carbocycles. The first-order chi connectivity index (χ1) is 5.68. The summed E-state index contributed by atoms with van der Waals surface area (Å²) in [6, 6.07) is 3.72. The number of aromatic nitrogens is 1. The molecule has 0 aliphatic carbocycles.